The molecule has 0 atom stereocenters. The van der Waals surface area contributed by atoms with Crippen LogP contribution in [0.5, 0.6) is 5.75 Å². The molecule has 36 heavy (non-hydrogen) atoms. The number of benzene rings is 1. The number of alkyl halides is 7. The van der Waals surface area contributed by atoms with Crippen LogP contribution in [-0.4, -0.2) is 34.0 Å². The summed E-state index contributed by atoms with van der Waals surface area (Å²) in [6.45, 7) is 2.12. The lowest BCUT2D eigenvalue weighted by Gasteiger charge is -2.37. The van der Waals surface area contributed by atoms with Crippen LogP contribution >= 0.6 is 0 Å². The number of carbonyl (C=O) groups is 1. The molecule has 0 N–H and O–H groups in total. The van der Waals surface area contributed by atoms with Crippen LogP contribution in [0.4, 0.5) is 30.7 Å². The van der Waals surface area contributed by atoms with Crippen LogP contribution in [0.25, 0.3) is 11.4 Å². The quantitative estimate of drug-likeness (QED) is 0.149. The smallest absolute Gasteiger partial charge is 0.426 e. The van der Waals surface area contributed by atoms with Crippen molar-refractivity contribution in [1.29, 1.82) is 0 Å². The Morgan fingerprint density at radius 3 is 2.03 bits per heavy atom. The molecule has 4 nitrogen and oxygen atoms in total. The molecule has 0 aliphatic heterocycles. The summed E-state index contributed by atoms with van der Waals surface area (Å²) in [4.78, 5) is 21.1. The van der Waals surface area contributed by atoms with Crippen LogP contribution in [0.2, 0.25) is 0 Å². The molecule has 0 amide bonds. The number of rotatable bonds is 9. The maximum Gasteiger partial charge on any atom is 0.459 e. The Kier molecular flexibility index (Phi) is 8.61. The Labute approximate surface area is 204 Å². The third kappa shape index (κ3) is 6.15. The molecule has 1 aromatic carbocycles. The van der Waals surface area contributed by atoms with Gasteiger partial charge in [0.05, 0.1) is 5.92 Å². The first kappa shape index (κ1) is 27.9. The molecular weight excluding hydrogens is 493 g/mol. The van der Waals surface area contributed by atoms with Crippen molar-refractivity contribution in [2.45, 2.75) is 76.3 Å². The average Bonchev–Trinajstić information content (AvgIpc) is 2.84. The third-order valence-corrected chi connectivity index (χ3v) is 6.45. The van der Waals surface area contributed by atoms with E-state index in [2.05, 4.69) is 16.9 Å². The number of halogens is 7. The zero-order valence-corrected chi connectivity index (χ0v) is 19.6. The fourth-order valence-electron chi connectivity index (χ4n) is 4.22. The second kappa shape index (κ2) is 11.1. The predicted octanol–water partition coefficient (Wildman–Crippen LogP) is 7.42. The Morgan fingerprint density at radius 1 is 0.917 bits per heavy atom. The van der Waals surface area contributed by atoms with Crippen molar-refractivity contribution in [1.82, 2.24) is 9.97 Å². The molecule has 0 spiro atoms. The Bertz CT molecular complexity index is 1000. The molecule has 198 valence electrons. The highest BCUT2D eigenvalue weighted by atomic mass is 19.4. The second-order valence-electron chi connectivity index (χ2n) is 9.06. The molecule has 1 fully saturated rings. The first-order chi connectivity index (χ1) is 16.9. The fraction of sp³-hybridized carbons (Fsp3) is 0.560. The minimum absolute atomic E-state index is 0.177. The summed E-state index contributed by atoms with van der Waals surface area (Å²) >= 11 is 0. The lowest BCUT2D eigenvalue weighted by Crippen LogP contribution is -2.56. The van der Waals surface area contributed by atoms with Crippen molar-refractivity contribution in [3.8, 4) is 17.1 Å². The van der Waals surface area contributed by atoms with Crippen molar-refractivity contribution in [2.24, 2.45) is 11.8 Å². The monoisotopic (exact) mass is 520 g/mol. The Hall–Kier alpha value is -2.72. The number of aryl methyl sites for hydroxylation is 1. The maximum atomic E-state index is 13.9. The molecule has 1 saturated carbocycles. The molecule has 1 aromatic heterocycles. The third-order valence-electron chi connectivity index (χ3n) is 6.45. The SMILES string of the molecule is CCCCCc1cnc(-c2ccc(OC(=O)[C@H]3CC[C@H](C(F)(F)C(F)(F)C(F)(F)F)CC3)cc2)nc1. The zero-order valence-electron chi connectivity index (χ0n) is 19.6. The van der Waals surface area contributed by atoms with Gasteiger partial charge in [-0.05, 0) is 68.4 Å². The molecule has 0 radical (unpaired) electrons. The summed E-state index contributed by atoms with van der Waals surface area (Å²) in [5.41, 5.74) is 1.72. The summed E-state index contributed by atoms with van der Waals surface area (Å²) in [5.74, 6) is -14.5. The highest BCUT2D eigenvalue weighted by Gasteiger charge is 2.74. The summed E-state index contributed by atoms with van der Waals surface area (Å²) < 4.78 is 97.0. The molecule has 1 aliphatic carbocycles. The van der Waals surface area contributed by atoms with Gasteiger partial charge in [0, 0.05) is 23.9 Å². The lowest BCUT2D eigenvalue weighted by molar-refractivity contribution is -0.367. The van der Waals surface area contributed by atoms with E-state index in [0.29, 0.717) is 11.4 Å². The second-order valence-corrected chi connectivity index (χ2v) is 9.06. The Morgan fingerprint density at radius 2 is 1.50 bits per heavy atom. The van der Waals surface area contributed by atoms with Crippen LogP contribution in [0, 0.1) is 11.8 Å². The van der Waals surface area contributed by atoms with E-state index in [1.807, 2.05) is 0 Å². The van der Waals surface area contributed by atoms with Crippen molar-refractivity contribution in [2.75, 3.05) is 0 Å². The summed E-state index contributed by atoms with van der Waals surface area (Å²) in [6.07, 6.45) is -0.485. The molecule has 1 aliphatic rings. The van der Waals surface area contributed by atoms with Gasteiger partial charge in [-0.3, -0.25) is 4.79 Å². The average molecular weight is 520 g/mol. The van der Waals surface area contributed by atoms with Gasteiger partial charge in [0.1, 0.15) is 5.75 Å². The predicted molar refractivity (Wildman–Crippen MR) is 118 cm³/mol. The van der Waals surface area contributed by atoms with Crippen molar-refractivity contribution in [3.05, 3.63) is 42.2 Å². The highest BCUT2D eigenvalue weighted by Crippen LogP contribution is 2.53. The van der Waals surface area contributed by atoms with Crippen LogP contribution in [0.3, 0.4) is 0 Å². The summed E-state index contributed by atoms with van der Waals surface area (Å²) in [6, 6.07) is 6.31. The number of ether oxygens (including phenoxy) is 1. The van der Waals surface area contributed by atoms with E-state index in [0.717, 1.165) is 31.2 Å². The van der Waals surface area contributed by atoms with Crippen LogP contribution in [0.15, 0.2) is 36.7 Å². The van der Waals surface area contributed by atoms with Gasteiger partial charge >= 0.3 is 24.0 Å². The number of hydrogen-bond donors (Lipinski definition) is 0. The molecule has 0 unspecified atom stereocenters. The maximum absolute atomic E-state index is 13.9. The van der Waals surface area contributed by atoms with Gasteiger partial charge in [-0.15, -0.1) is 0 Å². The van der Waals surface area contributed by atoms with Crippen molar-refractivity contribution in [3.63, 3.8) is 0 Å². The number of aromatic nitrogens is 2. The number of unbranched alkanes of at least 4 members (excludes halogenated alkanes) is 2. The van der Waals surface area contributed by atoms with Gasteiger partial charge < -0.3 is 4.74 Å². The molecule has 11 heteroatoms. The topological polar surface area (TPSA) is 52.1 Å². The van der Waals surface area contributed by atoms with Gasteiger partial charge in [0.2, 0.25) is 0 Å². The van der Waals surface area contributed by atoms with E-state index in [9.17, 15) is 35.5 Å². The first-order valence-corrected chi connectivity index (χ1v) is 11.8. The number of esters is 1. The largest absolute Gasteiger partial charge is 0.459 e. The van der Waals surface area contributed by atoms with Gasteiger partial charge in [-0.1, -0.05) is 19.8 Å². The zero-order chi connectivity index (χ0) is 26.6. The van der Waals surface area contributed by atoms with Crippen LogP contribution < -0.4 is 4.74 Å². The van der Waals surface area contributed by atoms with Gasteiger partial charge in [-0.25, -0.2) is 9.97 Å². The number of nitrogens with zero attached hydrogens (tertiary/aromatic N) is 2. The van der Waals surface area contributed by atoms with Gasteiger partial charge in [0.25, 0.3) is 0 Å². The van der Waals surface area contributed by atoms with Gasteiger partial charge in [-0.2, -0.15) is 30.7 Å². The number of carbonyl (C=O) groups excluding carboxylic acids is 1. The minimum Gasteiger partial charge on any atom is -0.426 e. The van der Waals surface area contributed by atoms with E-state index in [1.54, 1.807) is 24.5 Å². The Balaban J connectivity index is 1.54. The molecule has 0 bridgehead atoms. The first-order valence-electron chi connectivity index (χ1n) is 11.8. The van der Waals surface area contributed by atoms with Crippen molar-refractivity contribution >= 4 is 5.97 Å². The number of hydrogen-bond acceptors (Lipinski definition) is 4. The molecule has 0 saturated heterocycles. The van der Waals surface area contributed by atoms with Crippen LogP contribution in [0.1, 0.15) is 57.4 Å². The fourth-order valence-corrected chi connectivity index (χ4v) is 4.22. The van der Waals surface area contributed by atoms with Crippen molar-refractivity contribution < 1.29 is 40.3 Å². The van der Waals surface area contributed by atoms with E-state index >= 15 is 0 Å². The lowest BCUT2D eigenvalue weighted by atomic mass is 9.77. The van der Waals surface area contributed by atoms with E-state index < -0.39 is 48.7 Å². The molecule has 1 heterocycles. The molecular formula is C25H27F7N2O2. The van der Waals surface area contributed by atoms with E-state index in [1.165, 1.54) is 12.1 Å². The van der Waals surface area contributed by atoms with E-state index in [-0.39, 0.29) is 18.6 Å². The summed E-state index contributed by atoms with van der Waals surface area (Å²) in [7, 11) is 0. The summed E-state index contributed by atoms with van der Waals surface area (Å²) in [5, 5.41) is 0. The standard InChI is InChI=1S/C25H27F7N2O2/c1-2-3-4-5-16-14-33-21(34-15-16)17-8-12-20(13-9-17)36-22(35)18-6-10-19(11-7-18)23(26,27)24(28,29)25(30,31)32/h8-9,12-15,18-19H,2-7,10-11H2,1H3/t18-,19-. The minimum atomic E-state index is -6.36. The molecule has 3 rings (SSSR count). The van der Waals surface area contributed by atoms with Crippen LogP contribution in [-0.2, 0) is 11.2 Å². The molecule has 2 aromatic rings. The highest BCUT2D eigenvalue weighted by molar-refractivity contribution is 5.75. The van der Waals surface area contributed by atoms with Gasteiger partial charge in [0.15, 0.2) is 5.82 Å². The van der Waals surface area contributed by atoms with E-state index in [4.69, 9.17) is 4.74 Å². The normalized spacial score (nSPS) is 19.2.